The average Bonchev–Trinajstić information content (AvgIpc) is 3.35. The molecule has 0 atom stereocenters. The maximum atomic E-state index is 11.1. The number of rotatable bonds is 8. The molecule has 10 heteroatoms. The van der Waals surface area contributed by atoms with E-state index in [0.29, 0.717) is 37.8 Å². The first kappa shape index (κ1) is 24.8. The van der Waals surface area contributed by atoms with Gasteiger partial charge in [0.2, 0.25) is 0 Å². The number of hydrogen-bond donors (Lipinski definition) is 4. The standard InChI is InChI=1S/C27H28N6O3S/c28-21-8-6-20(7-9-21)26-30-23-15-22(37-25(23)27(31-26)33-11-13-36-14-12-33)17-29-16-19-3-1-18(2-4-19)5-10-24(34)32-35/h1-10,15,29,35H,11-14,16-17,28H2,(H,32,34). The molecule has 2 aromatic carbocycles. The summed E-state index contributed by atoms with van der Waals surface area (Å²) >= 11 is 1.72. The molecule has 5 N–H and O–H groups in total. The Morgan fingerprint density at radius 3 is 2.57 bits per heavy atom. The van der Waals surface area contributed by atoms with Crippen LogP contribution in [0.25, 0.3) is 27.7 Å². The number of hydroxylamine groups is 1. The van der Waals surface area contributed by atoms with E-state index < -0.39 is 5.91 Å². The number of aromatic nitrogens is 2. The Bertz CT molecular complexity index is 1400. The fourth-order valence-electron chi connectivity index (χ4n) is 4.09. The van der Waals surface area contributed by atoms with E-state index in [9.17, 15) is 4.79 Å². The van der Waals surface area contributed by atoms with Crippen LogP contribution in [-0.2, 0) is 22.6 Å². The number of nitrogens with zero attached hydrogens (tertiary/aromatic N) is 3. The highest BCUT2D eigenvalue weighted by molar-refractivity contribution is 7.19. The van der Waals surface area contributed by atoms with Crippen LogP contribution in [0.5, 0.6) is 0 Å². The molecule has 0 aliphatic carbocycles. The van der Waals surface area contributed by atoms with Crippen molar-refractivity contribution in [2.75, 3.05) is 36.9 Å². The first-order valence-corrected chi connectivity index (χ1v) is 12.8. The van der Waals surface area contributed by atoms with Gasteiger partial charge < -0.3 is 20.7 Å². The Labute approximate surface area is 218 Å². The lowest BCUT2D eigenvalue weighted by Gasteiger charge is -2.28. The van der Waals surface area contributed by atoms with E-state index in [4.69, 9.17) is 25.6 Å². The van der Waals surface area contributed by atoms with Crippen molar-refractivity contribution in [3.05, 3.63) is 76.7 Å². The van der Waals surface area contributed by atoms with Gasteiger partial charge in [0.05, 0.1) is 23.4 Å². The molecule has 9 nitrogen and oxygen atoms in total. The van der Waals surface area contributed by atoms with Crippen LogP contribution in [0.15, 0.2) is 60.7 Å². The summed E-state index contributed by atoms with van der Waals surface area (Å²) in [5.74, 6) is 1.09. The van der Waals surface area contributed by atoms with E-state index in [1.807, 2.05) is 48.5 Å². The third-order valence-corrected chi connectivity index (χ3v) is 7.15. The zero-order valence-corrected chi connectivity index (χ0v) is 21.0. The number of nitrogens with one attached hydrogen (secondary N) is 2. The Kier molecular flexibility index (Phi) is 7.71. The highest BCUT2D eigenvalue weighted by atomic mass is 32.1. The largest absolute Gasteiger partial charge is 0.399 e. The monoisotopic (exact) mass is 516 g/mol. The summed E-state index contributed by atoms with van der Waals surface area (Å²) in [6.45, 7) is 4.38. The zero-order chi connectivity index (χ0) is 25.6. The van der Waals surface area contributed by atoms with Gasteiger partial charge in [-0.2, -0.15) is 0 Å². The summed E-state index contributed by atoms with van der Waals surface area (Å²) in [4.78, 5) is 24.4. The minimum Gasteiger partial charge on any atom is -0.399 e. The number of nitrogens with two attached hydrogens (primary N) is 1. The highest BCUT2D eigenvalue weighted by Gasteiger charge is 2.20. The highest BCUT2D eigenvalue weighted by Crippen LogP contribution is 2.34. The van der Waals surface area contributed by atoms with Gasteiger partial charge >= 0.3 is 0 Å². The molecule has 1 aliphatic rings. The van der Waals surface area contributed by atoms with Crippen molar-refractivity contribution in [3.63, 3.8) is 0 Å². The zero-order valence-electron chi connectivity index (χ0n) is 20.2. The van der Waals surface area contributed by atoms with E-state index in [1.165, 1.54) is 11.0 Å². The van der Waals surface area contributed by atoms with Gasteiger partial charge in [-0.05, 0) is 47.5 Å². The van der Waals surface area contributed by atoms with E-state index >= 15 is 0 Å². The quantitative estimate of drug-likeness (QED) is 0.121. The predicted octanol–water partition coefficient (Wildman–Crippen LogP) is 3.59. The summed E-state index contributed by atoms with van der Waals surface area (Å²) < 4.78 is 6.65. The molecule has 5 rings (SSSR count). The molecule has 4 aromatic rings. The van der Waals surface area contributed by atoms with Crippen LogP contribution in [-0.4, -0.2) is 47.4 Å². The topological polar surface area (TPSA) is 126 Å². The molecule has 1 aliphatic heterocycles. The molecule has 1 amide bonds. The number of hydrogen-bond acceptors (Lipinski definition) is 9. The molecular weight excluding hydrogens is 488 g/mol. The van der Waals surface area contributed by atoms with Crippen LogP contribution in [0.1, 0.15) is 16.0 Å². The van der Waals surface area contributed by atoms with Crippen LogP contribution >= 0.6 is 11.3 Å². The lowest BCUT2D eigenvalue weighted by atomic mass is 10.1. The van der Waals surface area contributed by atoms with Gasteiger partial charge in [0.1, 0.15) is 0 Å². The Balaban J connectivity index is 1.32. The van der Waals surface area contributed by atoms with E-state index in [1.54, 1.807) is 22.9 Å². The smallest absolute Gasteiger partial charge is 0.267 e. The van der Waals surface area contributed by atoms with Crippen LogP contribution in [0.4, 0.5) is 11.5 Å². The van der Waals surface area contributed by atoms with Crippen molar-refractivity contribution in [2.24, 2.45) is 0 Å². The molecule has 190 valence electrons. The van der Waals surface area contributed by atoms with Gasteiger partial charge in [-0.25, -0.2) is 15.4 Å². The molecule has 0 radical (unpaired) electrons. The molecule has 1 saturated heterocycles. The number of morpholine rings is 1. The molecule has 0 bridgehead atoms. The summed E-state index contributed by atoms with van der Waals surface area (Å²) in [6, 6.07) is 17.7. The average molecular weight is 517 g/mol. The van der Waals surface area contributed by atoms with Crippen LogP contribution < -0.4 is 21.4 Å². The fraction of sp³-hybridized carbons (Fsp3) is 0.222. The van der Waals surface area contributed by atoms with Crippen molar-refractivity contribution in [1.29, 1.82) is 0 Å². The Morgan fingerprint density at radius 2 is 1.84 bits per heavy atom. The first-order valence-electron chi connectivity index (χ1n) is 12.0. The van der Waals surface area contributed by atoms with Crippen molar-refractivity contribution in [1.82, 2.24) is 20.8 Å². The molecule has 1 fully saturated rings. The normalized spacial score (nSPS) is 13.9. The molecule has 0 unspecified atom stereocenters. The van der Waals surface area contributed by atoms with Gasteiger partial charge in [0, 0.05) is 48.4 Å². The number of amides is 1. The second kappa shape index (κ2) is 11.5. The number of nitrogen functional groups attached to an aromatic ring is 1. The summed E-state index contributed by atoms with van der Waals surface area (Å²) in [7, 11) is 0. The minimum atomic E-state index is -0.559. The van der Waals surface area contributed by atoms with Crippen molar-refractivity contribution in [2.45, 2.75) is 13.1 Å². The second-order valence-corrected chi connectivity index (χ2v) is 9.81. The molecule has 0 saturated carbocycles. The number of benzene rings is 2. The van der Waals surface area contributed by atoms with Crippen LogP contribution in [0, 0.1) is 0 Å². The fourth-order valence-corrected chi connectivity index (χ4v) is 5.17. The number of ether oxygens (including phenoxy) is 1. The number of fused-ring (bicyclic) bond motifs is 1. The number of carbonyl (C=O) groups is 1. The van der Waals surface area contributed by atoms with Gasteiger partial charge in [0.15, 0.2) is 11.6 Å². The maximum Gasteiger partial charge on any atom is 0.267 e. The first-order chi connectivity index (χ1) is 18.1. The van der Waals surface area contributed by atoms with Crippen molar-refractivity contribution >= 4 is 45.0 Å². The van der Waals surface area contributed by atoms with E-state index in [2.05, 4.69) is 16.3 Å². The molecule has 3 heterocycles. The number of thiophene rings is 1. The lowest BCUT2D eigenvalue weighted by molar-refractivity contribution is -0.124. The van der Waals surface area contributed by atoms with Gasteiger partial charge in [-0.1, -0.05) is 24.3 Å². The minimum absolute atomic E-state index is 0.559. The second-order valence-electron chi connectivity index (χ2n) is 8.67. The number of anilines is 2. The molecule has 0 spiro atoms. The molecular formula is C27H28N6O3S. The molecule has 2 aromatic heterocycles. The van der Waals surface area contributed by atoms with Crippen molar-refractivity contribution < 1.29 is 14.7 Å². The predicted molar refractivity (Wildman–Crippen MR) is 146 cm³/mol. The van der Waals surface area contributed by atoms with E-state index in [0.717, 1.165) is 45.8 Å². The SMILES string of the molecule is Nc1ccc(-c2nc(N3CCOCC3)c3sc(CNCc4ccc(C=CC(=O)NO)cc4)cc3n2)cc1. The Hall–Kier alpha value is -3.83. The lowest BCUT2D eigenvalue weighted by Crippen LogP contribution is -2.36. The Morgan fingerprint density at radius 1 is 1.08 bits per heavy atom. The van der Waals surface area contributed by atoms with E-state index in [-0.39, 0.29) is 0 Å². The summed E-state index contributed by atoms with van der Waals surface area (Å²) in [5.41, 5.74) is 12.0. The summed E-state index contributed by atoms with van der Waals surface area (Å²) in [6.07, 6.45) is 2.92. The van der Waals surface area contributed by atoms with Crippen LogP contribution in [0.2, 0.25) is 0 Å². The van der Waals surface area contributed by atoms with Gasteiger partial charge in [-0.15, -0.1) is 11.3 Å². The molecule has 37 heavy (non-hydrogen) atoms. The van der Waals surface area contributed by atoms with Crippen LogP contribution in [0.3, 0.4) is 0 Å². The van der Waals surface area contributed by atoms with Gasteiger partial charge in [0.25, 0.3) is 5.91 Å². The van der Waals surface area contributed by atoms with Crippen molar-refractivity contribution in [3.8, 4) is 11.4 Å². The van der Waals surface area contributed by atoms with Gasteiger partial charge in [-0.3, -0.25) is 10.0 Å². The summed E-state index contributed by atoms with van der Waals surface area (Å²) in [5, 5.41) is 12.1. The number of carbonyl (C=O) groups excluding carboxylic acids is 1. The third-order valence-electron chi connectivity index (χ3n) is 6.03. The maximum absolute atomic E-state index is 11.1. The third kappa shape index (κ3) is 6.12.